The number of hydrogen-bond acceptors (Lipinski definition) is 4. The molecule has 0 saturated heterocycles. The monoisotopic (exact) mass is 222 g/mol. The molecule has 0 radical (unpaired) electrons. The lowest BCUT2D eigenvalue weighted by atomic mass is 10.2. The second-order valence-electron chi connectivity index (χ2n) is 3.12. The summed E-state index contributed by atoms with van der Waals surface area (Å²) in [4.78, 5) is 25.3. The molecule has 0 aromatic carbocycles. The molecule has 78 valence electrons. The number of thiophene rings is 1. The van der Waals surface area contributed by atoms with E-state index in [2.05, 4.69) is 0 Å². The van der Waals surface area contributed by atoms with Gasteiger partial charge in [0.15, 0.2) is 0 Å². The van der Waals surface area contributed by atoms with Gasteiger partial charge >= 0.3 is 0 Å². The summed E-state index contributed by atoms with van der Waals surface area (Å²) >= 11 is 1.45. The molecule has 0 spiro atoms. The van der Waals surface area contributed by atoms with Crippen LogP contribution < -0.4 is 5.73 Å². The Morgan fingerprint density at radius 3 is 2.80 bits per heavy atom. The molecule has 1 aliphatic rings. The number of amides is 2. The summed E-state index contributed by atoms with van der Waals surface area (Å²) in [5.74, 6) is -0.512. The van der Waals surface area contributed by atoms with E-state index in [1.807, 2.05) is 17.5 Å². The molecule has 2 rings (SSSR count). The number of nitrogens with zero attached hydrogens (tertiary/aromatic N) is 1. The zero-order valence-corrected chi connectivity index (χ0v) is 8.79. The average molecular weight is 222 g/mol. The normalized spacial score (nSPS) is 16.1. The van der Waals surface area contributed by atoms with Crippen molar-refractivity contribution in [3.8, 4) is 0 Å². The molecule has 1 aliphatic heterocycles. The summed E-state index contributed by atoms with van der Waals surface area (Å²) in [6.45, 7) is 0.575. The van der Waals surface area contributed by atoms with Crippen molar-refractivity contribution in [1.82, 2.24) is 4.90 Å². The Kier molecular flexibility index (Phi) is 2.66. The first kappa shape index (κ1) is 10.1. The minimum absolute atomic E-state index is 0.243. The van der Waals surface area contributed by atoms with E-state index in [1.165, 1.54) is 22.3 Å². The molecule has 0 saturated carbocycles. The molecule has 1 aromatic heterocycles. The fourth-order valence-electron chi connectivity index (χ4n) is 1.46. The van der Waals surface area contributed by atoms with E-state index in [-0.39, 0.29) is 18.4 Å². The molecule has 0 bridgehead atoms. The molecule has 2 N–H and O–H groups in total. The van der Waals surface area contributed by atoms with Crippen LogP contribution in [-0.2, 0) is 9.59 Å². The lowest BCUT2D eigenvalue weighted by molar-refractivity contribution is -0.136. The zero-order valence-electron chi connectivity index (χ0n) is 7.97. The van der Waals surface area contributed by atoms with Crippen LogP contribution in [0.2, 0.25) is 0 Å². The third-order valence-electron chi connectivity index (χ3n) is 2.15. The fraction of sp³-hybridized carbons (Fsp3) is 0.200. The highest BCUT2D eigenvalue weighted by Crippen LogP contribution is 2.26. The van der Waals surface area contributed by atoms with E-state index >= 15 is 0 Å². The van der Waals surface area contributed by atoms with Crippen LogP contribution in [0, 0.1) is 0 Å². The van der Waals surface area contributed by atoms with Crippen molar-refractivity contribution in [2.75, 3.05) is 13.1 Å². The Hall–Kier alpha value is -1.46. The van der Waals surface area contributed by atoms with Gasteiger partial charge in [-0.1, -0.05) is 6.07 Å². The van der Waals surface area contributed by atoms with Crippen LogP contribution >= 0.6 is 11.3 Å². The molecule has 0 aliphatic carbocycles. The highest BCUT2D eigenvalue weighted by atomic mass is 32.1. The van der Waals surface area contributed by atoms with E-state index in [0.29, 0.717) is 12.1 Å². The van der Waals surface area contributed by atoms with Gasteiger partial charge in [0.2, 0.25) is 0 Å². The molecule has 0 unspecified atom stereocenters. The van der Waals surface area contributed by atoms with Gasteiger partial charge in [0.25, 0.3) is 11.8 Å². The van der Waals surface area contributed by atoms with Crippen molar-refractivity contribution in [2.45, 2.75) is 0 Å². The molecular weight excluding hydrogens is 212 g/mol. The summed E-state index contributed by atoms with van der Waals surface area (Å²) in [7, 11) is 0. The van der Waals surface area contributed by atoms with Crippen molar-refractivity contribution < 1.29 is 9.59 Å². The van der Waals surface area contributed by atoms with Gasteiger partial charge in [-0.05, 0) is 11.4 Å². The largest absolute Gasteiger partial charge is 0.329 e. The predicted molar refractivity (Wildman–Crippen MR) is 58.1 cm³/mol. The maximum absolute atomic E-state index is 11.8. The van der Waals surface area contributed by atoms with Crippen molar-refractivity contribution in [2.24, 2.45) is 5.73 Å². The van der Waals surface area contributed by atoms with Gasteiger partial charge in [-0.2, -0.15) is 0 Å². The molecule has 2 amide bonds. The highest BCUT2D eigenvalue weighted by Gasteiger charge is 2.31. The van der Waals surface area contributed by atoms with Crippen LogP contribution in [0.4, 0.5) is 0 Å². The SMILES string of the molecule is NCCN1C(=O)C=C(c2cccs2)C1=O. The van der Waals surface area contributed by atoms with Crippen molar-refractivity contribution in [3.63, 3.8) is 0 Å². The minimum Gasteiger partial charge on any atom is -0.329 e. The molecule has 0 fully saturated rings. The van der Waals surface area contributed by atoms with Crippen molar-refractivity contribution in [3.05, 3.63) is 28.5 Å². The number of imide groups is 1. The zero-order chi connectivity index (χ0) is 10.8. The van der Waals surface area contributed by atoms with Crippen LogP contribution in [0.25, 0.3) is 5.57 Å². The van der Waals surface area contributed by atoms with Crippen LogP contribution in [-0.4, -0.2) is 29.8 Å². The van der Waals surface area contributed by atoms with E-state index in [1.54, 1.807) is 0 Å². The standard InChI is InChI=1S/C10H10N2O2S/c11-3-4-12-9(13)6-7(10(12)14)8-2-1-5-15-8/h1-2,5-6H,3-4,11H2. The smallest absolute Gasteiger partial charge is 0.262 e. The lowest BCUT2D eigenvalue weighted by Crippen LogP contribution is -2.35. The average Bonchev–Trinajstić information content (AvgIpc) is 2.81. The molecule has 15 heavy (non-hydrogen) atoms. The summed E-state index contributed by atoms with van der Waals surface area (Å²) < 4.78 is 0. The third kappa shape index (κ3) is 1.71. The number of rotatable bonds is 3. The first-order valence-electron chi connectivity index (χ1n) is 4.55. The molecule has 0 atom stereocenters. The van der Waals surface area contributed by atoms with E-state index in [9.17, 15) is 9.59 Å². The number of carbonyl (C=O) groups is 2. The maximum atomic E-state index is 11.8. The summed E-state index contributed by atoms with van der Waals surface area (Å²) in [5.41, 5.74) is 5.81. The Bertz CT molecular complexity index is 423. The van der Waals surface area contributed by atoms with Gasteiger partial charge in [-0.25, -0.2) is 0 Å². The number of nitrogens with two attached hydrogens (primary N) is 1. The number of hydrogen-bond donors (Lipinski definition) is 1. The Morgan fingerprint density at radius 2 is 2.20 bits per heavy atom. The fourth-order valence-corrected chi connectivity index (χ4v) is 2.19. The first-order chi connectivity index (χ1) is 7.24. The second kappa shape index (κ2) is 3.96. The van der Waals surface area contributed by atoms with Crippen LogP contribution in [0.1, 0.15) is 4.88 Å². The van der Waals surface area contributed by atoms with E-state index in [0.717, 1.165) is 4.88 Å². The Balaban J connectivity index is 2.27. The summed E-state index contributed by atoms with van der Waals surface area (Å²) in [6.07, 6.45) is 1.38. The molecule has 5 heteroatoms. The topological polar surface area (TPSA) is 63.4 Å². The maximum Gasteiger partial charge on any atom is 0.262 e. The minimum atomic E-state index is -0.270. The van der Waals surface area contributed by atoms with Gasteiger partial charge in [0.05, 0.1) is 5.57 Å². The summed E-state index contributed by atoms with van der Waals surface area (Å²) in [6, 6.07) is 3.68. The molecule has 1 aromatic rings. The van der Waals surface area contributed by atoms with Gasteiger partial charge in [-0.15, -0.1) is 11.3 Å². The Labute approximate surface area is 91.0 Å². The van der Waals surface area contributed by atoms with Gasteiger partial charge in [0, 0.05) is 24.0 Å². The highest BCUT2D eigenvalue weighted by molar-refractivity contribution is 7.11. The van der Waals surface area contributed by atoms with Gasteiger partial charge < -0.3 is 5.73 Å². The van der Waals surface area contributed by atoms with Crippen LogP contribution in [0.5, 0.6) is 0 Å². The van der Waals surface area contributed by atoms with E-state index in [4.69, 9.17) is 5.73 Å². The Morgan fingerprint density at radius 1 is 1.40 bits per heavy atom. The second-order valence-corrected chi connectivity index (χ2v) is 4.07. The molecule has 2 heterocycles. The number of carbonyl (C=O) groups excluding carboxylic acids is 2. The molecule has 4 nitrogen and oxygen atoms in total. The quantitative estimate of drug-likeness (QED) is 0.756. The van der Waals surface area contributed by atoms with Crippen LogP contribution in [0.15, 0.2) is 23.6 Å². The predicted octanol–water partition coefficient (Wildman–Crippen LogP) is 0.459. The lowest BCUT2D eigenvalue weighted by Gasteiger charge is -2.12. The van der Waals surface area contributed by atoms with Crippen molar-refractivity contribution >= 4 is 28.7 Å². The van der Waals surface area contributed by atoms with Gasteiger partial charge in [0.1, 0.15) is 0 Å². The van der Waals surface area contributed by atoms with E-state index < -0.39 is 0 Å². The molecular formula is C10H10N2O2S. The van der Waals surface area contributed by atoms with Crippen molar-refractivity contribution in [1.29, 1.82) is 0 Å². The third-order valence-corrected chi connectivity index (χ3v) is 3.05. The van der Waals surface area contributed by atoms with Gasteiger partial charge in [-0.3, -0.25) is 14.5 Å². The first-order valence-corrected chi connectivity index (χ1v) is 5.43. The summed E-state index contributed by atoms with van der Waals surface area (Å²) in [5, 5.41) is 1.87. The van der Waals surface area contributed by atoms with Crippen LogP contribution in [0.3, 0.4) is 0 Å².